The van der Waals surface area contributed by atoms with Crippen molar-refractivity contribution in [1.82, 2.24) is 14.8 Å². The fraction of sp³-hybridized carbons (Fsp3) is 0.526. The summed E-state index contributed by atoms with van der Waals surface area (Å²) in [5.41, 5.74) is 3.91. The number of hydrogen-bond donors (Lipinski definition) is 1. The maximum atomic E-state index is 12.7. The van der Waals surface area contributed by atoms with Gasteiger partial charge in [0.2, 0.25) is 0 Å². The van der Waals surface area contributed by atoms with Crippen LogP contribution in [0.15, 0.2) is 24.4 Å². The van der Waals surface area contributed by atoms with E-state index in [1.807, 2.05) is 4.90 Å². The van der Waals surface area contributed by atoms with Crippen LogP contribution in [0.1, 0.15) is 43.2 Å². The van der Waals surface area contributed by atoms with Gasteiger partial charge < -0.3 is 14.8 Å². The molecule has 1 saturated carbocycles. The van der Waals surface area contributed by atoms with Crippen LogP contribution in [0.4, 0.5) is 4.79 Å². The zero-order chi connectivity index (χ0) is 15.8. The maximum Gasteiger partial charge on any atom is 0.317 e. The normalized spacial score (nSPS) is 18.9. The van der Waals surface area contributed by atoms with Gasteiger partial charge in [-0.2, -0.15) is 0 Å². The highest BCUT2D eigenvalue weighted by Crippen LogP contribution is 2.29. The van der Waals surface area contributed by atoms with Gasteiger partial charge in [0.1, 0.15) is 0 Å². The first-order valence-electron chi connectivity index (χ1n) is 8.83. The minimum Gasteiger partial charge on any atom is -0.350 e. The third-order valence-corrected chi connectivity index (χ3v) is 5.41. The van der Waals surface area contributed by atoms with Crippen molar-refractivity contribution in [2.75, 3.05) is 6.54 Å². The number of hydrogen-bond acceptors (Lipinski definition) is 1. The van der Waals surface area contributed by atoms with Crippen LogP contribution in [0.25, 0.3) is 10.9 Å². The Morgan fingerprint density at radius 1 is 1.17 bits per heavy atom. The lowest BCUT2D eigenvalue weighted by atomic mass is 9.96. The summed E-state index contributed by atoms with van der Waals surface area (Å²) in [5.74, 6) is 0. The van der Waals surface area contributed by atoms with Crippen molar-refractivity contribution < 1.29 is 4.79 Å². The molecule has 4 nitrogen and oxygen atoms in total. The summed E-state index contributed by atoms with van der Waals surface area (Å²) in [7, 11) is 2.10. The number of rotatable bonds is 1. The molecule has 4 rings (SSSR count). The third-order valence-electron chi connectivity index (χ3n) is 5.41. The zero-order valence-electron chi connectivity index (χ0n) is 13.8. The number of carbonyl (C=O) groups is 1. The number of benzene rings is 1. The Kier molecular flexibility index (Phi) is 3.76. The van der Waals surface area contributed by atoms with E-state index in [9.17, 15) is 4.79 Å². The molecule has 23 heavy (non-hydrogen) atoms. The molecule has 2 heterocycles. The van der Waals surface area contributed by atoms with Crippen LogP contribution in [0.2, 0.25) is 0 Å². The molecule has 1 aromatic heterocycles. The number of nitrogens with zero attached hydrogens (tertiary/aromatic N) is 2. The van der Waals surface area contributed by atoms with Gasteiger partial charge in [0.25, 0.3) is 0 Å². The highest BCUT2D eigenvalue weighted by molar-refractivity contribution is 5.88. The molecule has 1 N–H and O–H groups in total. The summed E-state index contributed by atoms with van der Waals surface area (Å²) in [6, 6.07) is 6.92. The first-order valence-corrected chi connectivity index (χ1v) is 8.83. The van der Waals surface area contributed by atoms with Crippen LogP contribution in [0, 0.1) is 0 Å². The van der Waals surface area contributed by atoms with E-state index < -0.39 is 0 Å². The first-order chi connectivity index (χ1) is 11.2. The highest BCUT2D eigenvalue weighted by Gasteiger charge is 2.24. The minimum atomic E-state index is 0.114. The van der Waals surface area contributed by atoms with Gasteiger partial charge >= 0.3 is 6.03 Å². The number of aryl methyl sites for hydroxylation is 1. The molecule has 122 valence electrons. The molecular formula is C19H25N3O. The molecule has 0 radical (unpaired) electrons. The molecule has 0 bridgehead atoms. The largest absolute Gasteiger partial charge is 0.350 e. The lowest BCUT2D eigenvalue weighted by Crippen LogP contribution is -2.45. The first kappa shape index (κ1) is 14.6. The summed E-state index contributed by atoms with van der Waals surface area (Å²) in [6.07, 6.45) is 9.23. The molecule has 0 spiro atoms. The molecule has 1 aromatic carbocycles. The van der Waals surface area contributed by atoms with E-state index in [1.54, 1.807) is 0 Å². The number of amides is 2. The summed E-state index contributed by atoms with van der Waals surface area (Å²) in [5, 5.41) is 4.61. The van der Waals surface area contributed by atoms with Crippen molar-refractivity contribution in [3.63, 3.8) is 0 Å². The summed E-state index contributed by atoms with van der Waals surface area (Å²) in [4.78, 5) is 14.7. The average molecular weight is 311 g/mol. The van der Waals surface area contributed by atoms with Crippen molar-refractivity contribution in [3.8, 4) is 0 Å². The SMILES string of the molecule is Cn1cc2c3c(cccc31)CN(C(=O)NC1CCCCC1)CC2. The van der Waals surface area contributed by atoms with E-state index in [4.69, 9.17) is 0 Å². The molecule has 2 aromatic rings. The second kappa shape index (κ2) is 5.91. The molecule has 1 aliphatic heterocycles. The van der Waals surface area contributed by atoms with E-state index in [-0.39, 0.29) is 6.03 Å². The third kappa shape index (κ3) is 2.71. The molecule has 0 atom stereocenters. The van der Waals surface area contributed by atoms with Crippen molar-refractivity contribution >= 4 is 16.9 Å². The van der Waals surface area contributed by atoms with Gasteiger partial charge in [-0.1, -0.05) is 31.4 Å². The molecule has 2 amide bonds. The quantitative estimate of drug-likeness (QED) is 0.859. The van der Waals surface area contributed by atoms with Crippen LogP contribution in [0.3, 0.4) is 0 Å². The Bertz CT molecular complexity index is 728. The van der Waals surface area contributed by atoms with Crippen LogP contribution >= 0.6 is 0 Å². The van der Waals surface area contributed by atoms with Crippen molar-refractivity contribution in [2.24, 2.45) is 7.05 Å². The summed E-state index contributed by atoms with van der Waals surface area (Å²) in [6.45, 7) is 1.51. The maximum absolute atomic E-state index is 12.7. The molecule has 2 aliphatic rings. The van der Waals surface area contributed by atoms with Crippen LogP contribution in [-0.2, 0) is 20.0 Å². The van der Waals surface area contributed by atoms with Gasteiger partial charge in [-0.15, -0.1) is 0 Å². The van der Waals surface area contributed by atoms with Gasteiger partial charge in [-0.05, 0) is 36.5 Å². The van der Waals surface area contributed by atoms with Gasteiger partial charge in [-0.3, -0.25) is 0 Å². The van der Waals surface area contributed by atoms with E-state index in [1.165, 1.54) is 41.3 Å². The number of urea groups is 1. The topological polar surface area (TPSA) is 37.3 Å². The highest BCUT2D eigenvalue weighted by atomic mass is 16.2. The van der Waals surface area contributed by atoms with Crippen molar-refractivity contribution in [1.29, 1.82) is 0 Å². The Labute approximate surface area is 137 Å². The Morgan fingerprint density at radius 3 is 2.83 bits per heavy atom. The van der Waals surface area contributed by atoms with Crippen LogP contribution in [-0.4, -0.2) is 28.1 Å². The number of nitrogens with one attached hydrogen (secondary N) is 1. The molecular weight excluding hydrogens is 286 g/mol. The van der Waals surface area contributed by atoms with Gasteiger partial charge in [-0.25, -0.2) is 4.79 Å². The van der Waals surface area contributed by atoms with Crippen LogP contribution in [0.5, 0.6) is 0 Å². The number of carbonyl (C=O) groups excluding carboxylic acids is 1. The minimum absolute atomic E-state index is 0.114. The summed E-state index contributed by atoms with van der Waals surface area (Å²) >= 11 is 0. The fourth-order valence-corrected chi connectivity index (χ4v) is 4.17. The lowest BCUT2D eigenvalue weighted by Gasteiger charge is -2.28. The molecule has 0 unspecified atom stereocenters. The van der Waals surface area contributed by atoms with Crippen molar-refractivity contribution in [3.05, 3.63) is 35.5 Å². The second-order valence-corrected chi connectivity index (χ2v) is 7.03. The molecule has 0 saturated heterocycles. The van der Waals surface area contributed by atoms with Crippen LogP contribution < -0.4 is 5.32 Å². The molecule has 1 aliphatic carbocycles. The van der Waals surface area contributed by atoms with Gasteiger partial charge in [0.05, 0.1) is 0 Å². The predicted molar refractivity (Wildman–Crippen MR) is 92.4 cm³/mol. The average Bonchev–Trinajstić information content (AvgIpc) is 2.77. The van der Waals surface area contributed by atoms with E-state index in [0.717, 1.165) is 25.8 Å². The van der Waals surface area contributed by atoms with Gasteiger partial charge in [0.15, 0.2) is 0 Å². The lowest BCUT2D eigenvalue weighted by molar-refractivity contribution is 0.188. The van der Waals surface area contributed by atoms with E-state index >= 15 is 0 Å². The number of aromatic nitrogens is 1. The molecule has 1 fully saturated rings. The summed E-state index contributed by atoms with van der Waals surface area (Å²) < 4.78 is 2.20. The Morgan fingerprint density at radius 2 is 2.00 bits per heavy atom. The van der Waals surface area contributed by atoms with E-state index in [0.29, 0.717) is 12.6 Å². The predicted octanol–water partition coefficient (Wildman–Crippen LogP) is 3.58. The Hall–Kier alpha value is -1.97. The smallest absolute Gasteiger partial charge is 0.317 e. The monoisotopic (exact) mass is 311 g/mol. The second-order valence-electron chi connectivity index (χ2n) is 7.03. The Balaban J connectivity index is 1.55. The van der Waals surface area contributed by atoms with Crippen molar-refractivity contribution in [2.45, 2.75) is 51.1 Å². The zero-order valence-corrected chi connectivity index (χ0v) is 13.8. The van der Waals surface area contributed by atoms with E-state index in [2.05, 4.69) is 41.3 Å². The molecule has 4 heteroatoms. The standard InChI is InChI=1S/C19H25N3O/c1-21-12-15-10-11-22(13-14-6-5-9-17(21)18(14)15)19(23)20-16-7-3-2-4-8-16/h5-6,9,12,16H,2-4,7-8,10-11,13H2,1H3,(H,20,23). The van der Waals surface area contributed by atoms with Gasteiger partial charge in [0, 0.05) is 43.3 Å². The fourth-order valence-electron chi connectivity index (χ4n) is 4.17.